The van der Waals surface area contributed by atoms with Gasteiger partial charge in [-0.05, 0) is 39.4 Å². The van der Waals surface area contributed by atoms with Crippen molar-refractivity contribution in [1.82, 2.24) is 14.9 Å². The first-order valence-corrected chi connectivity index (χ1v) is 7.11. The first-order chi connectivity index (χ1) is 9.56. The topological polar surface area (TPSA) is 78.4 Å². The third-order valence-corrected chi connectivity index (χ3v) is 3.25. The van der Waals surface area contributed by atoms with Crippen LogP contribution in [0, 0.1) is 0 Å². The van der Waals surface area contributed by atoms with E-state index in [9.17, 15) is 4.79 Å². The predicted molar refractivity (Wildman–Crippen MR) is 79.1 cm³/mol. The van der Waals surface area contributed by atoms with Crippen LogP contribution < -0.4 is 5.32 Å². The summed E-state index contributed by atoms with van der Waals surface area (Å²) in [6.07, 6.45) is 4.91. The number of rotatable bonds is 9. The zero-order chi connectivity index (χ0) is 15.0. The molecule has 0 spiro atoms. The van der Waals surface area contributed by atoms with Gasteiger partial charge in [0, 0.05) is 6.04 Å². The van der Waals surface area contributed by atoms with E-state index >= 15 is 0 Å². The van der Waals surface area contributed by atoms with Gasteiger partial charge in [-0.3, -0.25) is 4.98 Å². The molecule has 0 aromatic carbocycles. The van der Waals surface area contributed by atoms with Crippen molar-refractivity contribution in [3.63, 3.8) is 0 Å². The molecule has 0 saturated carbocycles. The Balaban J connectivity index is 2.40. The third-order valence-electron chi connectivity index (χ3n) is 3.25. The van der Waals surface area contributed by atoms with Gasteiger partial charge in [0.15, 0.2) is 5.69 Å². The van der Waals surface area contributed by atoms with Crippen LogP contribution in [0.3, 0.4) is 0 Å². The first-order valence-electron chi connectivity index (χ1n) is 7.11. The maximum absolute atomic E-state index is 10.8. The highest BCUT2D eigenvalue weighted by molar-refractivity contribution is 5.85. The van der Waals surface area contributed by atoms with E-state index in [0.717, 1.165) is 32.5 Å². The van der Waals surface area contributed by atoms with Gasteiger partial charge in [0.2, 0.25) is 0 Å². The summed E-state index contributed by atoms with van der Waals surface area (Å²) in [5.74, 6) is -0.546. The minimum Gasteiger partial charge on any atom is -0.476 e. The quantitative estimate of drug-likeness (QED) is 0.721. The summed E-state index contributed by atoms with van der Waals surface area (Å²) < 4.78 is 0. The molecule has 1 atom stereocenters. The average Bonchev–Trinajstić information content (AvgIpc) is 2.44. The van der Waals surface area contributed by atoms with Crippen LogP contribution in [0.2, 0.25) is 0 Å². The SMILES string of the molecule is CCN(CC)CCCC(C)Nc1cncc(C(=O)O)n1. The zero-order valence-corrected chi connectivity index (χ0v) is 12.5. The van der Waals surface area contributed by atoms with Crippen LogP contribution in [-0.2, 0) is 0 Å². The van der Waals surface area contributed by atoms with Crippen LogP contribution in [0.5, 0.6) is 0 Å². The van der Waals surface area contributed by atoms with E-state index in [2.05, 4.69) is 41.0 Å². The molecule has 20 heavy (non-hydrogen) atoms. The number of carboxylic acid groups (broad SMARTS) is 1. The summed E-state index contributed by atoms with van der Waals surface area (Å²) in [7, 11) is 0. The summed E-state index contributed by atoms with van der Waals surface area (Å²) in [5, 5.41) is 12.1. The van der Waals surface area contributed by atoms with Crippen LogP contribution in [0.15, 0.2) is 12.4 Å². The number of hydrogen-bond acceptors (Lipinski definition) is 5. The van der Waals surface area contributed by atoms with E-state index in [0.29, 0.717) is 5.82 Å². The molecule has 1 aromatic rings. The fourth-order valence-corrected chi connectivity index (χ4v) is 2.02. The molecule has 0 amide bonds. The Morgan fingerprint density at radius 2 is 2.10 bits per heavy atom. The standard InChI is InChI=1S/C14H24N4O2/c1-4-18(5-2)8-6-7-11(3)16-13-10-15-9-12(17-13)14(19)20/h9-11H,4-8H2,1-3H3,(H,16,17)(H,19,20). The molecule has 2 N–H and O–H groups in total. The molecule has 6 heteroatoms. The zero-order valence-electron chi connectivity index (χ0n) is 12.5. The number of aromatic carboxylic acids is 1. The molecule has 6 nitrogen and oxygen atoms in total. The summed E-state index contributed by atoms with van der Waals surface area (Å²) in [6.45, 7) is 9.63. The van der Waals surface area contributed by atoms with Gasteiger partial charge in [0.05, 0.1) is 12.4 Å². The van der Waals surface area contributed by atoms with Crippen LogP contribution in [-0.4, -0.2) is 51.6 Å². The molecule has 1 aromatic heterocycles. The Hall–Kier alpha value is -1.69. The number of nitrogens with one attached hydrogen (secondary N) is 1. The molecule has 1 rings (SSSR count). The lowest BCUT2D eigenvalue weighted by Crippen LogP contribution is -2.25. The lowest BCUT2D eigenvalue weighted by molar-refractivity contribution is 0.0690. The van der Waals surface area contributed by atoms with E-state index < -0.39 is 5.97 Å². The Labute approximate surface area is 120 Å². The second-order valence-electron chi connectivity index (χ2n) is 4.81. The summed E-state index contributed by atoms with van der Waals surface area (Å²) in [5.41, 5.74) is -0.0367. The summed E-state index contributed by atoms with van der Waals surface area (Å²) >= 11 is 0. The van der Waals surface area contributed by atoms with Crippen molar-refractivity contribution >= 4 is 11.8 Å². The largest absolute Gasteiger partial charge is 0.476 e. The predicted octanol–water partition coefficient (Wildman–Crippen LogP) is 2.10. The van der Waals surface area contributed by atoms with E-state index in [1.54, 1.807) is 6.20 Å². The Morgan fingerprint density at radius 3 is 2.70 bits per heavy atom. The van der Waals surface area contributed by atoms with Crippen molar-refractivity contribution in [3.05, 3.63) is 18.1 Å². The monoisotopic (exact) mass is 280 g/mol. The van der Waals surface area contributed by atoms with E-state index in [1.807, 2.05) is 0 Å². The molecule has 1 unspecified atom stereocenters. The third kappa shape index (κ3) is 5.52. The molecule has 0 fully saturated rings. The normalized spacial score (nSPS) is 12.4. The number of hydrogen-bond donors (Lipinski definition) is 2. The van der Waals surface area contributed by atoms with Crippen molar-refractivity contribution in [2.24, 2.45) is 0 Å². The molecule has 0 aliphatic heterocycles. The molecule has 1 heterocycles. The minimum absolute atomic E-state index is 0.0367. The van der Waals surface area contributed by atoms with E-state index in [-0.39, 0.29) is 11.7 Å². The van der Waals surface area contributed by atoms with Gasteiger partial charge >= 0.3 is 5.97 Å². The number of nitrogens with zero attached hydrogens (tertiary/aromatic N) is 3. The van der Waals surface area contributed by atoms with Gasteiger partial charge in [-0.1, -0.05) is 13.8 Å². The Bertz CT molecular complexity index is 421. The van der Waals surface area contributed by atoms with Gasteiger partial charge in [-0.2, -0.15) is 0 Å². The highest BCUT2D eigenvalue weighted by atomic mass is 16.4. The fraction of sp³-hybridized carbons (Fsp3) is 0.643. The van der Waals surface area contributed by atoms with Crippen molar-refractivity contribution < 1.29 is 9.90 Å². The van der Waals surface area contributed by atoms with Gasteiger partial charge in [-0.15, -0.1) is 0 Å². The highest BCUT2D eigenvalue weighted by Crippen LogP contribution is 2.08. The average molecular weight is 280 g/mol. The van der Waals surface area contributed by atoms with Gasteiger partial charge in [0.1, 0.15) is 5.82 Å². The fourth-order valence-electron chi connectivity index (χ4n) is 2.02. The Kier molecular flexibility index (Phi) is 6.93. The lowest BCUT2D eigenvalue weighted by Gasteiger charge is -2.20. The van der Waals surface area contributed by atoms with E-state index in [4.69, 9.17) is 5.11 Å². The number of carbonyl (C=O) groups is 1. The van der Waals surface area contributed by atoms with Crippen LogP contribution in [0.25, 0.3) is 0 Å². The molecule has 112 valence electrons. The molecule has 0 bridgehead atoms. The second-order valence-corrected chi connectivity index (χ2v) is 4.81. The Morgan fingerprint density at radius 1 is 1.40 bits per heavy atom. The first kappa shape index (κ1) is 16.4. The summed E-state index contributed by atoms with van der Waals surface area (Å²) in [6, 6.07) is 0.240. The number of carboxylic acids is 1. The molecular formula is C14H24N4O2. The van der Waals surface area contributed by atoms with Gasteiger partial charge in [0.25, 0.3) is 0 Å². The van der Waals surface area contributed by atoms with Gasteiger partial charge < -0.3 is 15.3 Å². The second kappa shape index (κ2) is 8.47. The van der Waals surface area contributed by atoms with Crippen LogP contribution in [0.4, 0.5) is 5.82 Å². The molecule has 0 radical (unpaired) electrons. The lowest BCUT2D eigenvalue weighted by atomic mass is 10.2. The molecule has 0 saturated heterocycles. The minimum atomic E-state index is -1.06. The smallest absolute Gasteiger partial charge is 0.356 e. The van der Waals surface area contributed by atoms with Crippen LogP contribution in [0.1, 0.15) is 44.1 Å². The number of aromatic nitrogens is 2. The molecule has 0 aliphatic rings. The molecule has 0 aliphatic carbocycles. The maximum Gasteiger partial charge on any atom is 0.356 e. The van der Waals surface area contributed by atoms with Crippen molar-refractivity contribution in [1.29, 1.82) is 0 Å². The van der Waals surface area contributed by atoms with Crippen molar-refractivity contribution in [2.75, 3.05) is 25.0 Å². The van der Waals surface area contributed by atoms with Crippen molar-refractivity contribution in [3.8, 4) is 0 Å². The van der Waals surface area contributed by atoms with E-state index in [1.165, 1.54) is 6.20 Å². The summed E-state index contributed by atoms with van der Waals surface area (Å²) in [4.78, 5) is 21.1. The van der Waals surface area contributed by atoms with Gasteiger partial charge in [-0.25, -0.2) is 9.78 Å². The maximum atomic E-state index is 10.8. The van der Waals surface area contributed by atoms with Crippen molar-refractivity contribution in [2.45, 2.75) is 39.7 Å². The molecular weight excluding hydrogens is 256 g/mol. The highest BCUT2D eigenvalue weighted by Gasteiger charge is 2.08. The van der Waals surface area contributed by atoms with Crippen LogP contribution >= 0.6 is 0 Å². The number of anilines is 1.